The number of methoxy groups -OCH3 is 2. The second-order valence-corrected chi connectivity index (χ2v) is 4.18. The number of nitrogens with zero attached hydrogens (tertiary/aromatic N) is 1. The smallest absolute Gasteiger partial charge is 0.340 e. The summed E-state index contributed by atoms with van der Waals surface area (Å²) in [5.41, 5.74) is 1.99. The first-order valence-corrected chi connectivity index (χ1v) is 5.96. The predicted molar refractivity (Wildman–Crippen MR) is 72.3 cm³/mol. The molecule has 0 fully saturated rings. The summed E-state index contributed by atoms with van der Waals surface area (Å²) in [6.07, 6.45) is 1.42. The number of aromatic nitrogens is 1. The lowest BCUT2D eigenvalue weighted by molar-refractivity contribution is 0.0601. The van der Waals surface area contributed by atoms with Gasteiger partial charge in [0, 0.05) is 23.0 Å². The van der Waals surface area contributed by atoms with E-state index in [0.717, 1.165) is 0 Å². The number of esters is 1. The number of hydrogen-bond donors (Lipinski definition) is 0. The van der Waals surface area contributed by atoms with Crippen LogP contribution in [0.5, 0.6) is 5.75 Å². The van der Waals surface area contributed by atoms with Crippen molar-refractivity contribution in [3.05, 3.63) is 47.5 Å². The SMILES string of the molecule is COC(=O)c1cnc(C)cc1-c1cccc(F)c1OC. The minimum Gasteiger partial charge on any atom is -0.493 e. The molecule has 0 amide bonds. The summed E-state index contributed by atoms with van der Waals surface area (Å²) in [5.74, 6) is -0.933. The fraction of sp³-hybridized carbons (Fsp3) is 0.200. The molecule has 2 aromatic rings. The van der Waals surface area contributed by atoms with Crippen LogP contribution in [0.1, 0.15) is 16.1 Å². The fourth-order valence-electron chi connectivity index (χ4n) is 1.98. The summed E-state index contributed by atoms with van der Waals surface area (Å²) in [4.78, 5) is 15.9. The number of hydrogen-bond acceptors (Lipinski definition) is 4. The Labute approximate surface area is 116 Å². The third-order valence-electron chi connectivity index (χ3n) is 2.91. The number of aryl methyl sites for hydroxylation is 1. The van der Waals surface area contributed by atoms with Crippen molar-refractivity contribution in [1.29, 1.82) is 0 Å². The van der Waals surface area contributed by atoms with E-state index < -0.39 is 11.8 Å². The van der Waals surface area contributed by atoms with Crippen molar-refractivity contribution in [2.45, 2.75) is 6.92 Å². The molecule has 0 aliphatic rings. The highest BCUT2D eigenvalue weighted by molar-refractivity contribution is 5.97. The van der Waals surface area contributed by atoms with Gasteiger partial charge in [-0.05, 0) is 19.1 Å². The van der Waals surface area contributed by atoms with Gasteiger partial charge in [0.15, 0.2) is 11.6 Å². The van der Waals surface area contributed by atoms with E-state index in [1.54, 1.807) is 25.1 Å². The minimum absolute atomic E-state index is 0.0863. The van der Waals surface area contributed by atoms with Crippen molar-refractivity contribution in [2.75, 3.05) is 14.2 Å². The Kier molecular flexibility index (Phi) is 3.98. The number of rotatable bonds is 3. The van der Waals surface area contributed by atoms with Crippen LogP contribution in [0.25, 0.3) is 11.1 Å². The van der Waals surface area contributed by atoms with Crippen molar-refractivity contribution in [1.82, 2.24) is 4.98 Å². The van der Waals surface area contributed by atoms with E-state index >= 15 is 0 Å². The summed E-state index contributed by atoms with van der Waals surface area (Å²) >= 11 is 0. The first kappa shape index (κ1) is 14.0. The minimum atomic E-state index is -0.529. The zero-order valence-electron chi connectivity index (χ0n) is 11.4. The Morgan fingerprint density at radius 2 is 2.00 bits per heavy atom. The lowest BCUT2D eigenvalue weighted by atomic mass is 9.99. The largest absolute Gasteiger partial charge is 0.493 e. The molecule has 0 spiro atoms. The highest BCUT2D eigenvalue weighted by atomic mass is 19.1. The Hall–Kier alpha value is -2.43. The average Bonchev–Trinajstić information content (AvgIpc) is 2.46. The maximum Gasteiger partial charge on any atom is 0.340 e. The Morgan fingerprint density at radius 1 is 1.25 bits per heavy atom. The van der Waals surface area contributed by atoms with E-state index in [2.05, 4.69) is 4.98 Å². The predicted octanol–water partition coefficient (Wildman–Crippen LogP) is 2.99. The normalized spacial score (nSPS) is 10.2. The van der Waals surface area contributed by atoms with Crippen molar-refractivity contribution in [3.8, 4) is 16.9 Å². The average molecular weight is 275 g/mol. The van der Waals surface area contributed by atoms with E-state index in [-0.39, 0.29) is 11.3 Å². The van der Waals surface area contributed by atoms with Crippen LogP contribution in [0.2, 0.25) is 0 Å². The molecule has 0 saturated heterocycles. The molecule has 5 heteroatoms. The fourth-order valence-corrected chi connectivity index (χ4v) is 1.98. The standard InChI is InChI=1S/C15H14FNO3/c1-9-7-11(12(8-17-9)15(18)20-3)10-5-4-6-13(16)14(10)19-2/h4-8H,1-3H3. The number of para-hydroxylation sites is 1. The van der Waals surface area contributed by atoms with Gasteiger partial charge in [0.2, 0.25) is 0 Å². The molecular weight excluding hydrogens is 261 g/mol. The van der Waals surface area contributed by atoms with Crippen molar-refractivity contribution >= 4 is 5.97 Å². The molecule has 0 aliphatic carbocycles. The quantitative estimate of drug-likeness (QED) is 0.808. The molecule has 1 heterocycles. The molecule has 104 valence electrons. The molecule has 0 saturated carbocycles. The van der Waals surface area contributed by atoms with Gasteiger partial charge in [-0.15, -0.1) is 0 Å². The number of ether oxygens (including phenoxy) is 2. The summed E-state index contributed by atoms with van der Waals surface area (Å²) in [7, 11) is 2.67. The van der Waals surface area contributed by atoms with Gasteiger partial charge in [-0.25, -0.2) is 9.18 Å². The van der Waals surface area contributed by atoms with Gasteiger partial charge in [0.05, 0.1) is 19.8 Å². The van der Waals surface area contributed by atoms with Crippen molar-refractivity contribution < 1.29 is 18.7 Å². The lowest BCUT2D eigenvalue weighted by Crippen LogP contribution is -2.06. The first-order valence-electron chi connectivity index (χ1n) is 5.96. The zero-order chi connectivity index (χ0) is 14.7. The van der Waals surface area contributed by atoms with E-state index in [4.69, 9.17) is 9.47 Å². The number of carbonyl (C=O) groups is 1. The third-order valence-corrected chi connectivity index (χ3v) is 2.91. The maximum absolute atomic E-state index is 13.8. The van der Waals surface area contributed by atoms with Crippen LogP contribution < -0.4 is 4.74 Å². The van der Waals surface area contributed by atoms with Gasteiger partial charge < -0.3 is 9.47 Å². The molecule has 0 radical (unpaired) electrons. The van der Waals surface area contributed by atoms with Gasteiger partial charge in [0.1, 0.15) is 0 Å². The summed E-state index contributed by atoms with van der Waals surface area (Å²) < 4.78 is 23.6. The monoisotopic (exact) mass is 275 g/mol. The maximum atomic E-state index is 13.8. The highest BCUT2D eigenvalue weighted by Gasteiger charge is 2.19. The molecule has 0 aliphatic heterocycles. The second-order valence-electron chi connectivity index (χ2n) is 4.18. The molecular formula is C15H14FNO3. The molecule has 0 N–H and O–H groups in total. The van der Waals surface area contributed by atoms with Crippen LogP contribution in [0.4, 0.5) is 4.39 Å². The van der Waals surface area contributed by atoms with Gasteiger partial charge >= 0.3 is 5.97 Å². The summed E-state index contributed by atoms with van der Waals surface area (Å²) in [6.45, 7) is 1.79. The van der Waals surface area contributed by atoms with Gasteiger partial charge in [-0.1, -0.05) is 12.1 Å². The van der Waals surface area contributed by atoms with E-state index in [1.807, 2.05) is 0 Å². The van der Waals surface area contributed by atoms with Crippen LogP contribution in [0, 0.1) is 12.7 Å². The van der Waals surface area contributed by atoms with Gasteiger partial charge in [-0.2, -0.15) is 0 Å². The van der Waals surface area contributed by atoms with Gasteiger partial charge in [-0.3, -0.25) is 4.98 Å². The van der Waals surface area contributed by atoms with Crippen molar-refractivity contribution in [2.24, 2.45) is 0 Å². The Morgan fingerprint density at radius 3 is 2.65 bits per heavy atom. The Balaban J connectivity index is 2.72. The molecule has 2 rings (SSSR count). The highest BCUT2D eigenvalue weighted by Crippen LogP contribution is 2.34. The van der Waals surface area contributed by atoms with E-state index in [1.165, 1.54) is 26.5 Å². The van der Waals surface area contributed by atoms with Gasteiger partial charge in [0.25, 0.3) is 0 Å². The number of halogens is 1. The van der Waals surface area contributed by atoms with Crippen LogP contribution >= 0.6 is 0 Å². The summed E-state index contributed by atoms with van der Waals surface area (Å²) in [5, 5.41) is 0. The van der Waals surface area contributed by atoms with Crippen LogP contribution in [-0.4, -0.2) is 25.2 Å². The second kappa shape index (κ2) is 5.69. The molecule has 0 bridgehead atoms. The van der Waals surface area contributed by atoms with Crippen LogP contribution in [0.3, 0.4) is 0 Å². The number of carbonyl (C=O) groups excluding carboxylic acids is 1. The molecule has 4 nitrogen and oxygen atoms in total. The van der Waals surface area contributed by atoms with E-state index in [9.17, 15) is 9.18 Å². The molecule has 0 unspecified atom stereocenters. The molecule has 20 heavy (non-hydrogen) atoms. The first-order chi connectivity index (χ1) is 9.58. The zero-order valence-corrected chi connectivity index (χ0v) is 11.4. The number of pyridine rings is 1. The van der Waals surface area contributed by atoms with Crippen molar-refractivity contribution in [3.63, 3.8) is 0 Å². The third kappa shape index (κ3) is 2.47. The van der Waals surface area contributed by atoms with Crippen LogP contribution in [-0.2, 0) is 4.74 Å². The topological polar surface area (TPSA) is 48.4 Å². The lowest BCUT2D eigenvalue weighted by Gasteiger charge is -2.13. The Bertz CT molecular complexity index is 656. The molecule has 0 atom stereocenters. The molecule has 1 aromatic heterocycles. The molecule has 1 aromatic carbocycles. The number of benzene rings is 1. The van der Waals surface area contributed by atoms with Crippen LogP contribution in [0.15, 0.2) is 30.5 Å². The van der Waals surface area contributed by atoms with E-state index in [0.29, 0.717) is 16.8 Å². The summed E-state index contributed by atoms with van der Waals surface area (Å²) in [6, 6.07) is 6.24.